The van der Waals surface area contributed by atoms with Gasteiger partial charge in [-0.05, 0) is 32.4 Å². The number of morpholine rings is 1. The highest BCUT2D eigenvalue weighted by Gasteiger charge is 2.26. The van der Waals surface area contributed by atoms with Crippen LogP contribution in [0.2, 0.25) is 0 Å². The van der Waals surface area contributed by atoms with Crippen molar-refractivity contribution >= 4 is 28.0 Å². The lowest BCUT2D eigenvalue weighted by atomic mass is 10.2. The van der Waals surface area contributed by atoms with Gasteiger partial charge in [-0.25, -0.2) is 13.1 Å². The number of esters is 1. The largest absolute Gasteiger partial charge is 0.455 e. The van der Waals surface area contributed by atoms with Crippen LogP contribution in [-0.2, 0) is 29.1 Å². The lowest BCUT2D eigenvalue weighted by molar-refractivity contribution is -0.156. The Bertz CT molecular complexity index is 809. The van der Waals surface area contributed by atoms with E-state index in [-0.39, 0.29) is 18.1 Å². The topological polar surface area (TPSA) is 102 Å². The zero-order valence-electron chi connectivity index (χ0n) is 16.3. The van der Waals surface area contributed by atoms with Gasteiger partial charge in [0.05, 0.1) is 12.2 Å². The second-order valence-electron chi connectivity index (χ2n) is 6.80. The first kappa shape index (κ1) is 22.1. The van der Waals surface area contributed by atoms with Crippen LogP contribution in [0.4, 0.5) is 0 Å². The van der Waals surface area contributed by atoms with Gasteiger partial charge in [0, 0.05) is 18.5 Å². The molecule has 0 aliphatic carbocycles. The molecule has 1 aliphatic heterocycles. The standard InChI is InChI=1S/C19H26N2O6S/c1-14-4-6-17(7-5-14)8-9-28(24,25)20-10-19(23)26-13-18(22)21-11-15(2)27-16(3)12-21/h4-9,15-16,20H,10-13H2,1-3H3/b9-8+/t15-,16+. The molecule has 0 radical (unpaired) electrons. The van der Waals surface area contributed by atoms with Crippen LogP contribution in [0.5, 0.6) is 0 Å². The van der Waals surface area contributed by atoms with Crippen molar-refractivity contribution in [3.05, 3.63) is 40.8 Å². The summed E-state index contributed by atoms with van der Waals surface area (Å²) >= 11 is 0. The molecule has 28 heavy (non-hydrogen) atoms. The fourth-order valence-corrected chi connectivity index (χ4v) is 3.47. The zero-order valence-corrected chi connectivity index (χ0v) is 17.1. The number of hydrogen-bond acceptors (Lipinski definition) is 6. The summed E-state index contributed by atoms with van der Waals surface area (Å²) in [7, 11) is -3.80. The molecule has 1 aliphatic rings. The summed E-state index contributed by atoms with van der Waals surface area (Å²) in [6, 6.07) is 7.30. The van der Waals surface area contributed by atoms with E-state index in [1.807, 2.05) is 32.9 Å². The van der Waals surface area contributed by atoms with Crippen molar-refractivity contribution < 1.29 is 27.5 Å². The first-order valence-corrected chi connectivity index (χ1v) is 10.5. The van der Waals surface area contributed by atoms with Crippen molar-refractivity contribution in [1.29, 1.82) is 0 Å². The third kappa shape index (κ3) is 7.41. The number of nitrogens with one attached hydrogen (secondary N) is 1. The molecular formula is C19H26N2O6S. The van der Waals surface area contributed by atoms with Gasteiger partial charge in [0.15, 0.2) is 6.61 Å². The second kappa shape index (κ2) is 9.81. The first-order chi connectivity index (χ1) is 13.1. The molecule has 1 aromatic rings. The minimum absolute atomic E-state index is 0.0875. The van der Waals surface area contributed by atoms with Gasteiger partial charge >= 0.3 is 5.97 Å². The number of amides is 1. The minimum atomic E-state index is -3.80. The fraction of sp³-hybridized carbons (Fsp3) is 0.474. The Balaban J connectivity index is 1.76. The van der Waals surface area contributed by atoms with Crippen LogP contribution >= 0.6 is 0 Å². The molecule has 2 rings (SSSR count). The molecule has 1 aromatic carbocycles. The average molecular weight is 410 g/mol. The van der Waals surface area contributed by atoms with Gasteiger partial charge in [-0.2, -0.15) is 0 Å². The van der Waals surface area contributed by atoms with Gasteiger partial charge in [-0.1, -0.05) is 29.8 Å². The van der Waals surface area contributed by atoms with Gasteiger partial charge in [0.1, 0.15) is 6.54 Å². The van der Waals surface area contributed by atoms with Crippen molar-refractivity contribution in [3.8, 4) is 0 Å². The lowest BCUT2D eigenvalue weighted by Gasteiger charge is -2.35. The zero-order chi connectivity index (χ0) is 20.7. The highest BCUT2D eigenvalue weighted by Crippen LogP contribution is 2.10. The average Bonchev–Trinajstić information content (AvgIpc) is 2.63. The van der Waals surface area contributed by atoms with Gasteiger partial charge < -0.3 is 14.4 Å². The second-order valence-corrected chi connectivity index (χ2v) is 8.45. The highest BCUT2D eigenvalue weighted by atomic mass is 32.2. The Morgan fingerprint density at radius 3 is 2.43 bits per heavy atom. The number of carbonyl (C=O) groups excluding carboxylic acids is 2. The first-order valence-electron chi connectivity index (χ1n) is 8.98. The number of ether oxygens (including phenoxy) is 2. The van der Waals surface area contributed by atoms with Crippen LogP contribution < -0.4 is 4.72 Å². The molecule has 1 fully saturated rings. The maximum absolute atomic E-state index is 12.1. The van der Waals surface area contributed by atoms with E-state index in [1.54, 1.807) is 17.0 Å². The number of rotatable bonds is 7. The summed E-state index contributed by atoms with van der Waals surface area (Å²) in [5, 5.41) is 0.979. The Morgan fingerprint density at radius 2 is 1.82 bits per heavy atom. The molecular weight excluding hydrogens is 384 g/mol. The molecule has 1 saturated heterocycles. The Hall–Kier alpha value is -2.23. The molecule has 154 valence electrons. The number of sulfonamides is 1. The maximum atomic E-state index is 12.1. The Morgan fingerprint density at radius 1 is 1.21 bits per heavy atom. The van der Waals surface area contributed by atoms with Crippen LogP contribution in [0, 0.1) is 6.92 Å². The molecule has 1 amide bonds. The monoisotopic (exact) mass is 410 g/mol. The normalized spacial score (nSPS) is 20.3. The predicted octanol–water partition coefficient (Wildman–Crippen LogP) is 1.06. The van der Waals surface area contributed by atoms with Crippen LogP contribution in [0.1, 0.15) is 25.0 Å². The van der Waals surface area contributed by atoms with E-state index in [9.17, 15) is 18.0 Å². The molecule has 0 aromatic heterocycles. The number of aryl methyl sites for hydroxylation is 1. The summed E-state index contributed by atoms with van der Waals surface area (Å²) in [5.74, 6) is -1.16. The third-order valence-electron chi connectivity index (χ3n) is 4.06. The smallest absolute Gasteiger partial charge is 0.321 e. The van der Waals surface area contributed by atoms with Gasteiger partial charge in [-0.15, -0.1) is 0 Å². The SMILES string of the molecule is Cc1ccc(/C=C/S(=O)(=O)NCC(=O)OCC(=O)N2C[C@@H](C)O[C@@H](C)C2)cc1. The quantitative estimate of drug-likeness (QED) is 0.675. The van der Waals surface area contributed by atoms with Gasteiger partial charge in [-0.3, -0.25) is 9.59 Å². The molecule has 0 unspecified atom stereocenters. The molecule has 0 saturated carbocycles. The van der Waals surface area contributed by atoms with Crippen molar-refractivity contribution in [2.45, 2.75) is 33.0 Å². The third-order valence-corrected chi connectivity index (χ3v) is 5.10. The van der Waals surface area contributed by atoms with Crippen molar-refractivity contribution in [2.24, 2.45) is 0 Å². The van der Waals surface area contributed by atoms with E-state index in [4.69, 9.17) is 9.47 Å². The molecule has 2 atom stereocenters. The van der Waals surface area contributed by atoms with Crippen molar-refractivity contribution in [3.63, 3.8) is 0 Å². The van der Waals surface area contributed by atoms with E-state index in [2.05, 4.69) is 4.72 Å². The number of nitrogens with zero attached hydrogens (tertiary/aromatic N) is 1. The highest BCUT2D eigenvalue weighted by molar-refractivity contribution is 7.92. The van der Waals surface area contributed by atoms with Gasteiger partial charge in [0.25, 0.3) is 5.91 Å². The van der Waals surface area contributed by atoms with E-state index < -0.39 is 29.1 Å². The van der Waals surface area contributed by atoms with E-state index in [0.717, 1.165) is 16.5 Å². The molecule has 0 spiro atoms. The van der Waals surface area contributed by atoms with Crippen LogP contribution in [0.15, 0.2) is 29.7 Å². The molecule has 0 bridgehead atoms. The molecule has 9 heteroatoms. The lowest BCUT2D eigenvalue weighted by Crippen LogP contribution is -2.49. The predicted molar refractivity (Wildman–Crippen MR) is 105 cm³/mol. The Labute approximate surface area is 165 Å². The number of carbonyl (C=O) groups is 2. The summed E-state index contributed by atoms with van der Waals surface area (Å²) in [6.45, 7) is 5.53. The van der Waals surface area contributed by atoms with E-state index >= 15 is 0 Å². The van der Waals surface area contributed by atoms with Gasteiger partial charge in [0.2, 0.25) is 10.0 Å². The summed E-state index contributed by atoms with van der Waals surface area (Å²) in [4.78, 5) is 25.4. The fourth-order valence-electron chi connectivity index (χ4n) is 2.72. The summed E-state index contributed by atoms with van der Waals surface area (Å²) in [5.41, 5.74) is 1.79. The Kier molecular flexibility index (Phi) is 7.73. The summed E-state index contributed by atoms with van der Waals surface area (Å²) < 4.78 is 36.4. The van der Waals surface area contributed by atoms with E-state index in [1.165, 1.54) is 6.08 Å². The van der Waals surface area contributed by atoms with E-state index in [0.29, 0.717) is 13.1 Å². The molecule has 8 nitrogen and oxygen atoms in total. The van der Waals surface area contributed by atoms with Crippen LogP contribution in [0.25, 0.3) is 6.08 Å². The molecule has 1 N–H and O–H groups in total. The minimum Gasteiger partial charge on any atom is -0.455 e. The van der Waals surface area contributed by atoms with Crippen molar-refractivity contribution in [2.75, 3.05) is 26.2 Å². The van der Waals surface area contributed by atoms with Crippen LogP contribution in [-0.4, -0.2) is 63.6 Å². The van der Waals surface area contributed by atoms with Crippen LogP contribution in [0.3, 0.4) is 0 Å². The number of hydrogen-bond donors (Lipinski definition) is 1. The summed E-state index contributed by atoms with van der Waals surface area (Å²) in [6.07, 6.45) is 1.25. The van der Waals surface area contributed by atoms with Crippen molar-refractivity contribution in [1.82, 2.24) is 9.62 Å². The maximum Gasteiger partial charge on any atom is 0.321 e. The number of benzene rings is 1. The molecule has 1 heterocycles.